The second-order valence-electron chi connectivity index (χ2n) is 5.76. The molecule has 0 unspecified atom stereocenters. The summed E-state index contributed by atoms with van der Waals surface area (Å²) in [5.41, 5.74) is 2.17. The molecule has 0 aliphatic heterocycles. The molecule has 2 N–H and O–H groups in total. The van der Waals surface area contributed by atoms with Crippen LogP contribution in [0.4, 0.5) is 11.4 Å². The van der Waals surface area contributed by atoms with E-state index in [0.29, 0.717) is 20.9 Å². The highest BCUT2D eigenvalue weighted by Gasteiger charge is 2.11. The Bertz CT molecular complexity index is 857. The van der Waals surface area contributed by atoms with Gasteiger partial charge in [-0.25, -0.2) is 0 Å². The van der Waals surface area contributed by atoms with Gasteiger partial charge < -0.3 is 15.4 Å². The molecule has 0 fully saturated rings. The summed E-state index contributed by atoms with van der Waals surface area (Å²) in [5.74, 6) is -1.42. The van der Waals surface area contributed by atoms with Crippen molar-refractivity contribution in [2.24, 2.45) is 0 Å². The van der Waals surface area contributed by atoms with Gasteiger partial charge in [-0.3, -0.25) is 14.4 Å². The second-order valence-corrected chi connectivity index (χ2v) is 7.02. The zero-order valence-corrected chi connectivity index (χ0v) is 16.9. The number of nitrogens with one attached hydrogen (secondary N) is 2. The molecule has 0 saturated carbocycles. The molecule has 0 aliphatic carbocycles. The van der Waals surface area contributed by atoms with E-state index >= 15 is 0 Å². The summed E-state index contributed by atoms with van der Waals surface area (Å²) in [6, 6.07) is 12.3. The average Bonchev–Trinajstić information content (AvgIpc) is 2.61. The Kier molecular flexibility index (Phi) is 7.82. The molecule has 6 nitrogen and oxygen atoms in total. The second kappa shape index (κ2) is 10.1. The molecule has 0 spiro atoms. The van der Waals surface area contributed by atoms with E-state index in [1.54, 1.807) is 24.3 Å². The Morgan fingerprint density at radius 2 is 1.70 bits per heavy atom. The Morgan fingerprint density at radius 3 is 2.41 bits per heavy atom. The van der Waals surface area contributed by atoms with Gasteiger partial charge in [-0.2, -0.15) is 0 Å². The smallest absolute Gasteiger partial charge is 0.306 e. The van der Waals surface area contributed by atoms with Gasteiger partial charge in [0.25, 0.3) is 5.91 Å². The van der Waals surface area contributed by atoms with Gasteiger partial charge in [0, 0.05) is 22.3 Å². The number of anilines is 2. The summed E-state index contributed by atoms with van der Waals surface area (Å²) in [6.07, 6.45) is -0.147. The van der Waals surface area contributed by atoms with Crippen LogP contribution in [-0.2, 0) is 19.1 Å². The highest BCUT2D eigenvalue weighted by atomic mass is 79.9. The van der Waals surface area contributed by atoms with E-state index < -0.39 is 18.5 Å². The third-order valence-corrected chi connectivity index (χ3v) is 4.66. The first-order valence-electron chi connectivity index (χ1n) is 8.10. The van der Waals surface area contributed by atoms with Crippen LogP contribution in [0, 0.1) is 6.92 Å². The van der Waals surface area contributed by atoms with Crippen molar-refractivity contribution in [1.29, 1.82) is 0 Å². The monoisotopic (exact) mass is 452 g/mol. The van der Waals surface area contributed by atoms with Gasteiger partial charge in [0.05, 0.1) is 11.4 Å². The first-order chi connectivity index (χ1) is 12.8. The largest absolute Gasteiger partial charge is 0.456 e. The molecule has 0 atom stereocenters. The first kappa shape index (κ1) is 20.9. The Labute approximate surface area is 170 Å². The van der Waals surface area contributed by atoms with Crippen molar-refractivity contribution >= 4 is 56.7 Å². The van der Waals surface area contributed by atoms with E-state index in [-0.39, 0.29) is 18.7 Å². The predicted octanol–water partition coefficient (Wildman–Crippen LogP) is 4.31. The van der Waals surface area contributed by atoms with E-state index in [2.05, 4.69) is 26.6 Å². The predicted molar refractivity (Wildman–Crippen MR) is 108 cm³/mol. The minimum Gasteiger partial charge on any atom is -0.456 e. The molecule has 2 aromatic rings. The SMILES string of the molecule is Cc1cccc(NC(=O)CCC(=O)OCC(=O)Nc2ccc(Br)c(Cl)c2)c1. The molecule has 27 heavy (non-hydrogen) atoms. The summed E-state index contributed by atoms with van der Waals surface area (Å²) in [4.78, 5) is 35.4. The summed E-state index contributed by atoms with van der Waals surface area (Å²) in [6.45, 7) is 1.48. The van der Waals surface area contributed by atoms with E-state index in [1.165, 1.54) is 0 Å². The van der Waals surface area contributed by atoms with Crippen molar-refractivity contribution in [2.75, 3.05) is 17.2 Å². The summed E-state index contributed by atoms with van der Waals surface area (Å²) >= 11 is 9.19. The molecule has 2 aromatic carbocycles. The number of ether oxygens (including phenoxy) is 1. The topological polar surface area (TPSA) is 84.5 Å². The van der Waals surface area contributed by atoms with Crippen molar-refractivity contribution in [2.45, 2.75) is 19.8 Å². The van der Waals surface area contributed by atoms with Crippen LogP contribution in [0.25, 0.3) is 0 Å². The number of benzene rings is 2. The highest BCUT2D eigenvalue weighted by Crippen LogP contribution is 2.25. The summed E-state index contributed by atoms with van der Waals surface area (Å²) in [7, 11) is 0. The van der Waals surface area contributed by atoms with E-state index in [9.17, 15) is 14.4 Å². The molecule has 2 amide bonds. The molecule has 2 rings (SSSR count). The van der Waals surface area contributed by atoms with Gasteiger partial charge in [0.15, 0.2) is 6.61 Å². The fourth-order valence-corrected chi connectivity index (χ4v) is 2.58. The Morgan fingerprint density at radius 1 is 1.00 bits per heavy atom. The molecule has 0 aliphatic rings. The normalized spacial score (nSPS) is 10.2. The summed E-state index contributed by atoms with van der Waals surface area (Å²) < 4.78 is 5.58. The van der Waals surface area contributed by atoms with Crippen LogP contribution in [-0.4, -0.2) is 24.4 Å². The van der Waals surface area contributed by atoms with Crippen molar-refractivity contribution in [3.63, 3.8) is 0 Å². The standard InChI is InChI=1S/C19H18BrClN2O4/c1-12-3-2-4-13(9-12)22-17(24)7-8-19(26)27-11-18(25)23-14-5-6-15(20)16(21)10-14/h2-6,9-10H,7-8,11H2,1H3,(H,22,24)(H,23,25). The number of amides is 2. The maximum Gasteiger partial charge on any atom is 0.306 e. The Hall–Kier alpha value is -2.38. The van der Waals surface area contributed by atoms with Gasteiger partial charge >= 0.3 is 5.97 Å². The van der Waals surface area contributed by atoms with Crippen LogP contribution in [0.1, 0.15) is 18.4 Å². The number of hydrogen-bond acceptors (Lipinski definition) is 4. The molecular formula is C19H18BrClN2O4. The molecule has 0 saturated heterocycles. The molecule has 0 heterocycles. The van der Waals surface area contributed by atoms with Gasteiger partial charge in [-0.15, -0.1) is 0 Å². The maximum absolute atomic E-state index is 11.9. The number of aryl methyl sites for hydroxylation is 1. The quantitative estimate of drug-likeness (QED) is 0.612. The van der Waals surface area contributed by atoms with Crippen LogP contribution in [0.15, 0.2) is 46.9 Å². The molecule has 8 heteroatoms. The zero-order valence-electron chi connectivity index (χ0n) is 14.6. The molecular weight excluding hydrogens is 436 g/mol. The summed E-state index contributed by atoms with van der Waals surface area (Å²) in [5, 5.41) is 5.72. The maximum atomic E-state index is 11.9. The fourth-order valence-electron chi connectivity index (χ4n) is 2.15. The van der Waals surface area contributed by atoms with Crippen LogP contribution in [0.5, 0.6) is 0 Å². The lowest BCUT2D eigenvalue weighted by Crippen LogP contribution is -2.21. The van der Waals surface area contributed by atoms with Crippen molar-refractivity contribution in [3.05, 3.63) is 57.5 Å². The molecule has 142 valence electrons. The van der Waals surface area contributed by atoms with Gasteiger partial charge in [-0.05, 0) is 58.7 Å². The third kappa shape index (κ3) is 7.40. The lowest BCUT2D eigenvalue weighted by atomic mass is 10.2. The van der Waals surface area contributed by atoms with Crippen LogP contribution in [0.2, 0.25) is 5.02 Å². The van der Waals surface area contributed by atoms with Crippen LogP contribution in [0.3, 0.4) is 0 Å². The number of esters is 1. The molecule has 0 bridgehead atoms. The van der Waals surface area contributed by atoms with Crippen molar-refractivity contribution < 1.29 is 19.1 Å². The number of halogens is 2. The van der Waals surface area contributed by atoms with E-state index in [4.69, 9.17) is 16.3 Å². The van der Waals surface area contributed by atoms with Gasteiger partial charge in [0.2, 0.25) is 5.91 Å². The van der Waals surface area contributed by atoms with Gasteiger partial charge in [-0.1, -0.05) is 23.7 Å². The minimum absolute atomic E-state index is 0.0310. The van der Waals surface area contributed by atoms with E-state index in [1.807, 2.05) is 25.1 Å². The van der Waals surface area contributed by atoms with Crippen molar-refractivity contribution in [3.8, 4) is 0 Å². The average molecular weight is 454 g/mol. The number of carbonyl (C=O) groups is 3. The number of rotatable bonds is 7. The Balaban J connectivity index is 1.69. The minimum atomic E-state index is -0.626. The third-order valence-electron chi connectivity index (χ3n) is 3.43. The van der Waals surface area contributed by atoms with Crippen LogP contribution < -0.4 is 10.6 Å². The number of carbonyl (C=O) groups excluding carboxylic acids is 3. The molecule has 0 aromatic heterocycles. The zero-order chi connectivity index (χ0) is 19.8. The lowest BCUT2D eigenvalue weighted by molar-refractivity contribution is -0.147. The number of hydrogen-bond donors (Lipinski definition) is 2. The fraction of sp³-hybridized carbons (Fsp3) is 0.211. The first-order valence-corrected chi connectivity index (χ1v) is 9.27. The highest BCUT2D eigenvalue weighted by molar-refractivity contribution is 9.10. The van der Waals surface area contributed by atoms with E-state index in [0.717, 1.165) is 5.56 Å². The molecule has 0 radical (unpaired) electrons. The van der Waals surface area contributed by atoms with Gasteiger partial charge in [0.1, 0.15) is 0 Å². The van der Waals surface area contributed by atoms with Crippen LogP contribution >= 0.6 is 27.5 Å². The lowest BCUT2D eigenvalue weighted by Gasteiger charge is -2.08. The van der Waals surface area contributed by atoms with Crippen molar-refractivity contribution in [1.82, 2.24) is 0 Å².